The minimum Gasteiger partial charge on any atom is -0.493 e. The first-order valence-corrected chi connectivity index (χ1v) is 11.4. The predicted molar refractivity (Wildman–Crippen MR) is 133 cm³/mol. The van der Waals surface area contributed by atoms with Crippen molar-refractivity contribution in [2.75, 3.05) is 57.7 Å². The lowest BCUT2D eigenvalue weighted by atomic mass is 10.1. The van der Waals surface area contributed by atoms with E-state index in [4.69, 9.17) is 18.9 Å². The minimum atomic E-state index is -0.510. The van der Waals surface area contributed by atoms with Crippen LogP contribution in [0.5, 0.6) is 17.2 Å². The Bertz CT molecular complexity index is 1000. The van der Waals surface area contributed by atoms with Gasteiger partial charge in [0.1, 0.15) is 11.4 Å². The monoisotopic (exact) mass is 486 g/mol. The molecule has 0 aliphatic carbocycles. The molecule has 1 fully saturated rings. The third-order valence-electron chi connectivity index (χ3n) is 5.40. The van der Waals surface area contributed by atoms with E-state index in [9.17, 15) is 9.59 Å². The van der Waals surface area contributed by atoms with Gasteiger partial charge in [0.05, 0.1) is 39.6 Å². The minimum absolute atomic E-state index is 0.118. The summed E-state index contributed by atoms with van der Waals surface area (Å²) >= 11 is 0. The lowest BCUT2D eigenvalue weighted by Gasteiger charge is -2.36. The van der Waals surface area contributed by atoms with Crippen LogP contribution in [0, 0.1) is 0 Å². The van der Waals surface area contributed by atoms with Crippen molar-refractivity contribution < 1.29 is 28.5 Å². The van der Waals surface area contributed by atoms with Gasteiger partial charge in [0.2, 0.25) is 11.7 Å². The van der Waals surface area contributed by atoms with Gasteiger partial charge in [-0.3, -0.25) is 4.79 Å². The zero-order valence-electron chi connectivity index (χ0n) is 21.2. The Hall–Kier alpha value is -3.69. The summed E-state index contributed by atoms with van der Waals surface area (Å²) in [5, 5.41) is 2.82. The van der Waals surface area contributed by atoms with E-state index in [1.807, 2.05) is 26.8 Å². The molecule has 10 heteroatoms. The molecule has 2 amide bonds. The molecule has 0 unspecified atom stereocenters. The van der Waals surface area contributed by atoms with Crippen LogP contribution in [0.15, 0.2) is 30.5 Å². The highest BCUT2D eigenvalue weighted by Crippen LogP contribution is 2.38. The second-order valence-electron chi connectivity index (χ2n) is 9.11. The van der Waals surface area contributed by atoms with Gasteiger partial charge < -0.3 is 34.1 Å². The smallest absolute Gasteiger partial charge is 0.410 e. The maximum absolute atomic E-state index is 12.6. The number of methoxy groups -OCH3 is 3. The maximum Gasteiger partial charge on any atom is 0.410 e. The highest BCUT2D eigenvalue weighted by Gasteiger charge is 2.26. The van der Waals surface area contributed by atoms with E-state index in [-0.39, 0.29) is 18.4 Å². The van der Waals surface area contributed by atoms with Crippen LogP contribution >= 0.6 is 0 Å². The van der Waals surface area contributed by atoms with Gasteiger partial charge in [0, 0.05) is 26.2 Å². The van der Waals surface area contributed by atoms with Crippen molar-refractivity contribution in [3.05, 3.63) is 36.0 Å². The van der Waals surface area contributed by atoms with Crippen molar-refractivity contribution in [2.24, 2.45) is 0 Å². The topological polar surface area (TPSA) is 102 Å². The standard InChI is InChI=1S/C25H34N4O6/c1-25(2,3)35-24(31)29-11-9-28(10-12-29)18-7-8-21(26-16-18)27-22(30)15-17-13-19(32-4)23(34-6)20(14-17)33-5/h7-8,13-14,16H,9-12,15H2,1-6H3,(H,26,27,30). The second-order valence-corrected chi connectivity index (χ2v) is 9.11. The van der Waals surface area contributed by atoms with Crippen LogP contribution < -0.4 is 24.4 Å². The molecule has 1 aromatic heterocycles. The fourth-order valence-electron chi connectivity index (χ4n) is 3.73. The molecule has 10 nitrogen and oxygen atoms in total. The van der Waals surface area contributed by atoms with Crippen molar-refractivity contribution in [1.29, 1.82) is 0 Å². The number of rotatable bonds is 7. The zero-order chi connectivity index (χ0) is 25.6. The number of aromatic nitrogens is 1. The number of amides is 2. The first kappa shape index (κ1) is 25.9. The average molecular weight is 487 g/mol. The summed E-state index contributed by atoms with van der Waals surface area (Å²) < 4.78 is 21.5. The normalized spacial score (nSPS) is 13.8. The highest BCUT2D eigenvalue weighted by atomic mass is 16.6. The number of carbonyl (C=O) groups is 2. The van der Waals surface area contributed by atoms with E-state index in [1.165, 1.54) is 21.3 Å². The number of ether oxygens (including phenoxy) is 4. The van der Waals surface area contributed by atoms with Crippen LogP contribution in [0.2, 0.25) is 0 Å². The Morgan fingerprint density at radius 3 is 2.09 bits per heavy atom. The molecule has 1 aliphatic heterocycles. The van der Waals surface area contributed by atoms with Crippen molar-refractivity contribution in [3.63, 3.8) is 0 Å². The zero-order valence-corrected chi connectivity index (χ0v) is 21.2. The fraction of sp³-hybridized carbons (Fsp3) is 0.480. The van der Waals surface area contributed by atoms with E-state index in [0.29, 0.717) is 49.2 Å². The van der Waals surface area contributed by atoms with Crippen molar-refractivity contribution in [3.8, 4) is 17.2 Å². The van der Waals surface area contributed by atoms with Gasteiger partial charge in [0.15, 0.2) is 11.5 Å². The molecule has 190 valence electrons. The van der Waals surface area contributed by atoms with E-state index in [1.54, 1.807) is 29.3 Å². The van der Waals surface area contributed by atoms with Gasteiger partial charge in [-0.25, -0.2) is 9.78 Å². The van der Waals surface area contributed by atoms with E-state index >= 15 is 0 Å². The lowest BCUT2D eigenvalue weighted by Crippen LogP contribution is -2.50. The summed E-state index contributed by atoms with van der Waals surface area (Å²) in [5.74, 6) is 1.69. The highest BCUT2D eigenvalue weighted by molar-refractivity contribution is 5.91. The molecule has 1 aromatic carbocycles. The summed E-state index contributed by atoms with van der Waals surface area (Å²) in [4.78, 5) is 33.1. The molecule has 0 radical (unpaired) electrons. The van der Waals surface area contributed by atoms with Gasteiger partial charge in [0.25, 0.3) is 0 Å². The van der Waals surface area contributed by atoms with Crippen LogP contribution in [0.1, 0.15) is 26.3 Å². The molecule has 0 spiro atoms. The molecule has 1 N–H and O–H groups in total. The largest absolute Gasteiger partial charge is 0.493 e. The number of pyridine rings is 1. The average Bonchev–Trinajstić information content (AvgIpc) is 2.82. The number of nitrogens with one attached hydrogen (secondary N) is 1. The molecular formula is C25H34N4O6. The first-order valence-electron chi connectivity index (χ1n) is 11.4. The quantitative estimate of drug-likeness (QED) is 0.636. The number of hydrogen-bond donors (Lipinski definition) is 1. The molecular weight excluding hydrogens is 452 g/mol. The van der Waals surface area contributed by atoms with E-state index in [2.05, 4.69) is 15.2 Å². The summed E-state index contributed by atoms with van der Waals surface area (Å²) in [6.07, 6.45) is 1.55. The Labute approximate surface area is 206 Å². The summed E-state index contributed by atoms with van der Waals surface area (Å²) in [6, 6.07) is 7.16. The number of benzene rings is 1. The maximum atomic E-state index is 12.6. The van der Waals surface area contributed by atoms with Crippen LogP contribution in [0.25, 0.3) is 0 Å². The number of anilines is 2. The Balaban J connectivity index is 1.56. The second kappa shape index (κ2) is 11.2. The van der Waals surface area contributed by atoms with Gasteiger partial charge >= 0.3 is 6.09 Å². The van der Waals surface area contributed by atoms with E-state index in [0.717, 1.165) is 11.3 Å². The number of hydrogen-bond acceptors (Lipinski definition) is 8. The Kier molecular flexibility index (Phi) is 8.26. The van der Waals surface area contributed by atoms with Gasteiger partial charge in [-0.05, 0) is 50.6 Å². The molecule has 0 saturated carbocycles. The van der Waals surface area contributed by atoms with Crippen molar-refractivity contribution in [2.45, 2.75) is 32.8 Å². The summed E-state index contributed by atoms with van der Waals surface area (Å²) in [5.41, 5.74) is 1.14. The van der Waals surface area contributed by atoms with Crippen LogP contribution in [-0.2, 0) is 16.0 Å². The molecule has 1 saturated heterocycles. The van der Waals surface area contributed by atoms with Gasteiger partial charge in [-0.2, -0.15) is 0 Å². The molecule has 0 bridgehead atoms. The molecule has 2 heterocycles. The van der Waals surface area contributed by atoms with Crippen LogP contribution in [0.3, 0.4) is 0 Å². The predicted octanol–water partition coefficient (Wildman–Crippen LogP) is 3.35. The lowest BCUT2D eigenvalue weighted by molar-refractivity contribution is -0.115. The molecule has 2 aromatic rings. The van der Waals surface area contributed by atoms with Gasteiger partial charge in [-0.1, -0.05) is 0 Å². The SMILES string of the molecule is COc1cc(CC(=O)Nc2ccc(N3CCN(C(=O)OC(C)(C)C)CC3)cn2)cc(OC)c1OC. The molecule has 35 heavy (non-hydrogen) atoms. The molecule has 0 atom stereocenters. The first-order chi connectivity index (χ1) is 16.6. The number of piperazine rings is 1. The number of nitrogens with zero attached hydrogens (tertiary/aromatic N) is 3. The van der Waals surface area contributed by atoms with Crippen LogP contribution in [-0.4, -0.2) is 75.0 Å². The van der Waals surface area contributed by atoms with Crippen LogP contribution in [0.4, 0.5) is 16.3 Å². The van der Waals surface area contributed by atoms with Gasteiger partial charge in [-0.15, -0.1) is 0 Å². The van der Waals surface area contributed by atoms with Crippen molar-refractivity contribution in [1.82, 2.24) is 9.88 Å². The van der Waals surface area contributed by atoms with E-state index < -0.39 is 5.60 Å². The molecule has 1 aliphatic rings. The third-order valence-corrected chi connectivity index (χ3v) is 5.40. The Morgan fingerprint density at radius 2 is 1.60 bits per heavy atom. The summed E-state index contributed by atoms with van der Waals surface area (Å²) in [7, 11) is 4.59. The third kappa shape index (κ3) is 6.91. The Morgan fingerprint density at radius 1 is 0.971 bits per heavy atom. The fourth-order valence-corrected chi connectivity index (χ4v) is 3.73. The number of carbonyl (C=O) groups excluding carboxylic acids is 2. The summed E-state index contributed by atoms with van der Waals surface area (Å²) in [6.45, 7) is 8.07. The molecule has 3 rings (SSSR count). The van der Waals surface area contributed by atoms with Crippen molar-refractivity contribution >= 4 is 23.5 Å².